The Kier molecular flexibility index (Phi) is 4.62. The maximum Gasteiger partial charge on any atom is 0.273 e. The Morgan fingerprint density at radius 1 is 1.14 bits per heavy atom. The third-order valence-corrected chi connectivity index (χ3v) is 5.00. The van der Waals surface area contributed by atoms with Gasteiger partial charge in [0.05, 0.1) is 28.7 Å². The molecule has 8 nitrogen and oxygen atoms in total. The van der Waals surface area contributed by atoms with Gasteiger partial charge in [0, 0.05) is 12.7 Å². The summed E-state index contributed by atoms with van der Waals surface area (Å²) < 4.78 is 5.29. The molecule has 8 heteroatoms. The van der Waals surface area contributed by atoms with Gasteiger partial charge in [-0.25, -0.2) is 19.9 Å². The molecule has 144 valence electrons. The second kappa shape index (κ2) is 7.10. The maximum atomic E-state index is 13.1. The van der Waals surface area contributed by atoms with Crippen molar-refractivity contribution in [1.29, 1.82) is 0 Å². The van der Waals surface area contributed by atoms with E-state index in [1.807, 2.05) is 31.7 Å². The van der Waals surface area contributed by atoms with Crippen LogP contribution in [0.3, 0.4) is 0 Å². The zero-order valence-corrected chi connectivity index (χ0v) is 16.4. The monoisotopic (exact) mass is 378 g/mol. The molecule has 1 fully saturated rings. The largest absolute Gasteiger partial charge is 0.361 e. The molecule has 1 unspecified atom stereocenters. The lowest BCUT2D eigenvalue weighted by molar-refractivity contribution is 0.0726. The summed E-state index contributed by atoms with van der Waals surface area (Å²) in [5.74, 6) is 1.87. The van der Waals surface area contributed by atoms with E-state index in [0.29, 0.717) is 23.9 Å². The number of carbonyl (C=O) groups is 1. The number of amides is 1. The SMILES string of the molecule is Cc1nccc(C(=O)N2CCCC2c2cc(-c3c(C)noc3C)nc(C)n2)n1. The Morgan fingerprint density at radius 3 is 2.68 bits per heavy atom. The fraction of sp³-hybridized carbons (Fsp3) is 0.400. The van der Waals surface area contributed by atoms with Gasteiger partial charge >= 0.3 is 0 Å². The zero-order chi connectivity index (χ0) is 19.8. The molecule has 1 amide bonds. The molecule has 0 spiro atoms. The quantitative estimate of drug-likeness (QED) is 0.690. The van der Waals surface area contributed by atoms with Crippen molar-refractivity contribution in [3.63, 3.8) is 0 Å². The van der Waals surface area contributed by atoms with Gasteiger partial charge in [0.2, 0.25) is 0 Å². The molecular formula is C20H22N6O2. The van der Waals surface area contributed by atoms with Crippen molar-refractivity contribution in [3.05, 3.63) is 52.8 Å². The Labute approximate surface area is 163 Å². The van der Waals surface area contributed by atoms with Crippen LogP contribution in [0.25, 0.3) is 11.3 Å². The van der Waals surface area contributed by atoms with Gasteiger partial charge in [-0.05, 0) is 52.7 Å². The van der Waals surface area contributed by atoms with Gasteiger partial charge in [-0.1, -0.05) is 5.16 Å². The summed E-state index contributed by atoms with van der Waals surface area (Å²) in [6.07, 6.45) is 3.39. The summed E-state index contributed by atoms with van der Waals surface area (Å²) in [4.78, 5) is 32.5. The van der Waals surface area contributed by atoms with Crippen LogP contribution >= 0.6 is 0 Å². The fourth-order valence-corrected chi connectivity index (χ4v) is 3.78. The molecule has 1 aliphatic heterocycles. The number of hydrogen-bond acceptors (Lipinski definition) is 7. The molecule has 1 aliphatic rings. The summed E-state index contributed by atoms with van der Waals surface area (Å²) in [6, 6.07) is 3.50. The summed E-state index contributed by atoms with van der Waals surface area (Å²) in [5.41, 5.74) is 3.69. The van der Waals surface area contributed by atoms with E-state index in [1.165, 1.54) is 0 Å². The molecule has 0 aliphatic carbocycles. The molecule has 0 saturated carbocycles. The molecule has 0 radical (unpaired) electrons. The number of aryl methyl sites for hydroxylation is 4. The molecule has 28 heavy (non-hydrogen) atoms. The number of aromatic nitrogens is 5. The topological polar surface area (TPSA) is 97.9 Å². The Morgan fingerprint density at radius 2 is 1.96 bits per heavy atom. The van der Waals surface area contributed by atoms with Crippen molar-refractivity contribution < 1.29 is 9.32 Å². The van der Waals surface area contributed by atoms with Gasteiger partial charge < -0.3 is 9.42 Å². The van der Waals surface area contributed by atoms with Crippen LogP contribution < -0.4 is 0 Å². The van der Waals surface area contributed by atoms with Gasteiger partial charge in [-0.2, -0.15) is 0 Å². The van der Waals surface area contributed by atoms with E-state index in [-0.39, 0.29) is 11.9 Å². The predicted molar refractivity (Wildman–Crippen MR) is 102 cm³/mol. The molecule has 1 saturated heterocycles. The molecule has 4 rings (SSSR count). The van der Waals surface area contributed by atoms with E-state index >= 15 is 0 Å². The number of rotatable bonds is 3. The highest BCUT2D eigenvalue weighted by molar-refractivity contribution is 5.92. The summed E-state index contributed by atoms with van der Waals surface area (Å²) in [6.45, 7) is 8.08. The smallest absolute Gasteiger partial charge is 0.273 e. The lowest BCUT2D eigenvalue weighted by atomic mass is 10.1. The lowest BCUT2D eigenvalue weighted by Crippen LogP contribution is -2.32. The average molecular weight is 378 g/mol. The Bertz CT molecular complexity index is 1030. The summed E-state index contributed by atoms with van der Waals surface area (Å²) in [7, 11) is 0. The van der Waals surface area contributed by atoms with E-state index in [4.69, 9.17) is 4.52 Å². The summed E-state index contributed by atoms with van der Waals surface area (Å²) >= 11 is 0. The molecule has 0 bridgehead atoms. The van der Waals surface area contributed by atoms with Crippen LogP contribution in [0, 0.1) is 27.7 Å². The average Bonchev–Trinajstić information content (AvgIpc) is 3.27. The highest BCUT2D eigenvalue weighted by Gasteiger charge is 2.33. The molecule has 3 aromatic heterocycles. The third-order valence-electron chi connectivity index (χ3n) is 5.00. The van der Waals surface area contributed by atoms with Gasteiger partial charge in [-0.15, -0.1) is 0 Å². The molecule has 4 heterocycles. The first-order chi connectivity index (χ1) is 13.4. The number of hydrogen-bond donors (Lipinski definition) is 0. The van der Waals surface area contributed by atoms with E-state index < -0.39 is 0 Å². The maximum absolute atomic E-state index is 13.1. The standard InChI is InChI=1S/C20H22N6O2/c1-11-19(12(2)28-25-11)17-10-16(23-14(4)24-17)18-6-5-9-26(18)20(27)15-7-8-21-13(3)22-15/h7-8,10,18H,5-6,9H2,1-4H3. The van der Waals surface area contributed by atoms with Crippen molar-refractivity contribution in [2.45, 2.75) is 46.6 Å². The minimum absolute atomic E-state index is 0.0943. The van der Waals surface area contributed by atoms with Gasteiger partial charge in [-0.3, -0.25) is 4.79 Å². The molecular weight excluding hydrogens is 356 g/mol. The third kappa shape index (κ3) is 3.26. The second-order valence-corrected chi connectivity index (χ2v) is 7.07. The number of nitrogens with zero attached hydrogens (tertiary/aromatic N) is 6. The van der Waals surface area contributed by atoms with Crippen LogP contribution in [-0.2, 0) is 0 Å². The highest BCUT2D eigenvalue weighted by Crippen LogP contribution is 2.34. The number of carbonyl (C=O) groups excluding carboxylic acids is 1. The minimum atomic E-state index is -0.108. The van der Waals surface area contributed by atoms with Crippen LogP contribution in [0.15, 0.2) is 22.9 Å². The van der Waals surface area contributed by atoms with E-state index in [0.717, 1.165) is 41.2 Å². The second-order valence-electron chi connectivity index (χ2n) is 7.07. The minimum Gasteiger partial charge on any atom is -0.361 e. The zero-order valence-electron chi connectivity index (χ0n) is 16.4. The molecule has 1 atom stereocenters. The van der Waals surface area contributed by atoms with Crippen LogP contribution in [0.1, 0.15) is 58.2 Å². The first kappa shape index (κ1) is 18.2. The first-order valence-corrected chi connectivity index (χ1v) is 9.33. The molecule has 0 N–H and O–H groups in total. The Balaban J connectivity index is 1.71. The van der Waals surface area contributed by atoms with E-state index in [1.54, 1.807) is 19.2 Å². The molecule has 0 aromatic carbocycles. The highest BCUT2D eigenvalue weighted by atomic mass is 16.5. The lowest BCUT2D eigenvalue weighted by Gasteiger charge is -2.24. The van der Waals surface area contributed by atoms with Crippen molar-refractivity contribution >= 4 is 5.91 Å². The number of likely N-dealkylation sites (tertiary alicyclic amines) is 1. The van der Waals surface area contributed by atoms with Crippen LogP contribution in [0.4, 0.5) is 0 Å². The fourth-order valence-electron chi connectivity index (χ4n) is 3.78. The van der Waals surface area contributed by atoms with E-state index in [2.05, 4.69) is 25.1 Å². The van der Waals surface area contributed by atoms with Crippen molar-refractivity contribution in [2.75, 3.05) is 6.54 Å². The van der Waals surface area contributed by atoms with Gasteiger partial charge in [0.15, 0.2) is 0 Å². The predicted octanol–water partition coefficient (Wildman–Crippen LogP) is 3.13. The Hall–Kier alpha value is -3.16. The van der Waals surface area contributed by atoms with Crippen molar-refractivity contribution in [2.24, 2.45) is 0 Å². The van der Waals surface area contributed by atoms with Crippen LogP contribution in [-0.4, -0.2) is 42.4 Å². The molecule has 3 aromatic rings. The van der Waals surface area contributed by atoms with Gasteiger partial charge in [0.1, 0.15) is 23.1 Å². The van der Waals surface area contributed by atoms with Crippen LogP contribution in [0.2, 0.25) is 0 Å². The normalized spacial score (nSPS) is 16.6. The summed E-state index contributed by atoms with van der Waals surface area (Å²) in [5, 5.41) is 4.03. The van der Waals surface area contributed by atoms with E-state index in [9.17, 15) is 4.79 Å². The first-order valence-electron chi connectivity index (χ1n) is 9.33. The van der Waals surface area contributed by atoms with Crippen molar-refractivity contribution in [3.8, 4) is 11.3 Å². The van der Waals surface area contributed by atoms with Crippen LogP contribution in [0.5, 0.6) is 0 Å². The van der Waals surface area contributed by atoms with Crippen molar-refractivity contribution in [1.82, 2.24) is 30.0 Å². The van der Waals surface area contributed by atoms with Gasteiger partial charge in [0.25, 0.3) is 5.91 Å².